The van der Waals surface area contributed by atoms with Crippen molar-refractivity contribution >= 4 is 7.69 Å². The van der Waals surface area contributed by atoms with Crippen LogP contribution in [0.25, 0.3) is 0 Å². The molecule has 0 unspecified atom stereocenters. The first-order valence-corrected chi connectivity index (χ1v) is 5.43. The Bertz CT molecular complexity index is 575. The van der Waals surface area contributed by atoms with Gasteiger partial charge in [-0.1, -0.05) is 0 Å². The second-order valence-corrected chi connectivity index (χ2v) is 3.80. The third-order valence-corrected chi connectivity index (χ3v) is 2.33. The maximum atomic E-state index is 13.2. The van der Waals surface area contributed by atoms with Gasteiger partial charge in [0.25, 0.3) is 0 Å². The number of rotatable bonds is 4. The molecule has 9 heteroatoms. The van der Waals surface area contributed by atoms with Crippen LogP contribution in [-0.2, 0) is 0 Å². The highest BCUT2D eigenvalue weighted by Gasteiger charge is 2.17. The number of benzene rings is 2. The van der Waals surface area contributed by atoms with Crippen LogP contribution in [0.5, 0.6) is 11.5 Å². The van der Waals surface area contributed by atoms with Crippen LogP contribution in [0.4, 0.5) is 26.3 Å². The molecule has 21 heavy (non-hydrogen) atoms. The lowest BCUT2D eigenvalue weighted by atomic mass is 10.2. The van der Waals surface area contributed by atoms with Gasteiger partial charge in [-0.3, -0.25) is 0 Å². The van der Waals surface area contributed by atoms with Crippen molar-refractivity contribution < 1.29 is 35.7 Å². The Morgan fingerprint density at radius 3 is 1.14 bits per heavy atom. The zero-order chi connectivity index (χ0) is 15.6. The highest BCUT2D eigenvalue weighted by atomic mass is 19.2. The van der Waals surface area contributed by atoms with E-state index in [1.54, 1.807) is 0 Å². The smallest absolute Gasteiger partial charge is 0.524 e. The van der Waals surface area contributed by atoms with Crippen molar-refractivity contribution in [3.63, 3.8) is 0 Å². The fraction of sp³-hybridized carbons (Fsp3) is 0. The molecule has 0 bridgehead atoms. The molecular weight excluding hydrogens is 301 g/mol. The first-order chi connectivity index (χ1) is 9.88. The molecule has 0 N–H and O–H groups in total. The van der Waals surface area contributed by atoms with Gasteiger partial charge in [-0.15, -0.1) is 0 Å². The van der Waals surface area contributed by atoms with Gasteiger partial charge in [0.05, 0.1) is 0 Å². The van der Waals surface area contributed by atoms with Crippen LogP contribution in [0.1, 0.15) is 0 Å². The van der Waals surface area contributed by atoms with Crippen LogP contribution in [0.15, 0.2) is 24.3 Å². The van der Waals surface area contributed by atoms with Crippen molar-refractivity contribution in [3.8, 4) is 11.5 Å². The molecule has 0 aliphatic heterocycles. The summed E-state index contributed by atoms with van der Waals surface area (Å²) in [6.45, 7) is 0. The first-order valence-electron chi connectivity index (χ1n) is 5.43. The molecule has 0 aliphatic carbocycles. The Balaban J connectivity index is 2.09. The van der Waals surface area contributed by atoms with E-state index in [1.807, 2.05) is 0 Å². The van der Waals surface area contributed by atoms with E-state index in [0.717, 1.165) is 0 Å². The second kappa shape index (κ2) is 5.98. The van der Waals surface area contributed by atoms with Crippen molar-refractivity contribution in [2.45, 2.75) is 0 Å². The summed E-state index contributed by atoms with van der Waals surface area (Å²) in [4.78, 5) is 0. The van der Waals surface area contributed by atoms with Crippen LogP contribution in [0.2, 0.25) is 0 Å². The summed E-state index contributed by atoms with van der Waals surface area (Å²) in [6.07, 6.45) is 0. The quantitative estimate of drug-likeness (QED) is 0.638. The number of halogens is 6. The van der Waals surface area contributed by atoms with Crippen molar-refractivity contribution in [2.75, 3.05) is 0 Å². The summed E-state index contributed by atoms with van der Waals surface area (Å²) in [5.41, 5.74) is 0. The summed E-state index contributed by atoms with van der Waals surface area (Å²) in [6, 6.07) is 1.43. The molecule has 0 radical (unpaired) electrons. The molecule has 110 valence electrons. The fourth-order valence-corrected chi connectivity index (χ4v) is 1.48. The zero-order valence-electron chi connectivity index (χ0n) is 10.1. The molecule has 2 nitrogen and oxygen atoms in total. The summed E-state index contributed by atoms with van der Waals surface area (Å²) in [5, 5.41) is 0. The molecule has 2 aromatic carbocycles. The minimum Gasteiger partial charge on any atom is -0.524 e. The van der Waals surface area contributed by atoms with E-state index in [1.165, 1.54) is 0 Å². The minimum absolute atomic E-state index is 0.359. The average molecular weight is 306 g/mol. The number of hydrogen-bond acceptors (Lipinski definition) is 2. The Morgan fingerprint density at radius 2 is 0.857 bits per heavy atom. The highest BCUT2D eigenvalue weighted by Crippen LogP contribution is 2.24. The molecule has 0 spiro atoms. The monoisotopic (exact) mass is 306 g/mol. The Labute approximate surface area is 115 Å². The first kappa shape index (κ1) is 15.1. The normalized spacial score (nSPS) is 10.4. The molecule has 0 atom stereocenters. The lowest BCUT2D eigenvalue weighted by Crippen LogP contribution is -2.15. The predicted octanol–water partition coefficient (Wildman–Crippen LogP) is 3.25. The summed E-state index contributed by atoms with van der Waals surface area (Å²) in [7, 11) is -0.973. The molecule has 0 fully saturated rings. The van der Waals surface area contributed by atoms with Crippen molar-refractivity contribution in [1.82, 2.24) is 0 Å². The van der Waals surface area contributed by atoms with Gasteiger partial charge in [0, 0.05) is 24.3 Å². The average Bonchev–Trinajstić information content (AvgIpc) is 2.34. The Kier molecular flexibility index (Phi) is 4.30. The van der Waals surface area contributed by atoms with Gasteiger partial charge in [-0.05, 0) is 0 Å². The largest absolute Gasteiger partial charge is 0.576 e. The van der Waals surface area contributed by atoms with Crippen LogP contribution in [-0.4, -0.2) is 7.69 Å². The van der Waals surface area contributed by atoms with Gasteiger partial charge in [0.15, 0.2) is 34.8 Å². The van der Waals surface area contributed by atoms with E-state index in [9.17, 15) is 26.3 Å². The molecule has 0 saturated heterocycles. The molecule has 0 aromatic heterocycles. The van der Waals surface area contributed by atoms with Gasteiger partial charge in [0.2, 0.25) is 0 Å². The van der Waals surface area contributed by atoms with Gasteiger partial charge in [-0.2, -0.15) is 0 Å². The van der Waals surface area contributed by atoms with E-state index in [-0.39, 0.29) is 0 Å². The number of hydrogen-bond donors (Lipinski definition) is 0. The van der Waals surface area contributed by atoms with Crippen LogP contribution in [0, 0.1) is 34.9 Å². The predicted molar refractivity (Wildman–Crippen MR) is 61.0 cm³/mol. The summed E-state index contributed by atoms with van der Waals surface area (Å²) >= 11 is 0. The SMILES string of the molecule is Fc1cc(F)c(OBOc2c(F)cc(F)cc2F)c(F)c1. The fourth-order valence-electron chi connectivity index (χ4n) is 1.48. The molecule has 2 aromatic rings. The Morgan fingerprint density at radius 1 is 0.571 bits per heavy atom. The van der Waals surface area contributed by atoms with Crippen molar-refractivity contribution in [1.29, 1.82) is 0 Å². The maximum Gasteiger partial charge on any atom is 0.576 e. The molecular formula is C12H5BF6O2. The van der Waals surface area contributed by atoms with E-state index >= 15 is 0 Å². The third kappa shape index (κ3) is 3.42. The summed E-state index contributed by atoms with van der Waals surface area (Å²) in [5.74, 6) is -9.67. The lowest BCUT2D eigenvalue weighted by Gasteiger charge is -2.10. The standard InChI is InChI=1S/C12H5BF6O2/c14-5-1-7(16)11(8(17)2-5)20-13-21-12-9(18)3-6(15)4-10(12)19/h1-4,13H. The van der Waals surface area contributed by atoms with E-state index in [0.29, 0.717) is 24.3 Å². The van der Waals surface area contributed by atoms with Crippen LogP contribution in [0.3, 0.4) is 0 Å². The van der Waals surface area contributed by atoms with Gasteiger partial charge >= 0.3 is 7.69 Å². The van der Waals surface area contributed by atoms with Crippen LogP contribution >= 0.6 is 0 Å². The van der Waals surface area contributed by atoms with Crippen molar-refractivity contribution in [3.05, 3.63) is 59.2 Å². The van der Waals surface area contributed by atoms with E-state index < -0.39 is 54.1 Å². The van der Waals surface area contributed by atoms with Gasteiger partial charge in [0.1, 0.15) is 11.6 Å². The molecule has 0 saturated carbocycles. The zero-order valence-corrected chi connectivity index (χ0v) is 10.1. The minimum atomic E-state index is -1.35. The van der Waals surface area contributed by atoms with E-state index in [2.05, 4.69) is 9.31 Å². The second-order valence-electron chi connectivity index (χ2n) is 3.80. The van der Waals surface area contributed by atoms with Crippen molar-refractivity contribution in [2.24, 2.45) is 0 Å². The van der Waals surface area contributed by atoms with Crippen LogP contribution < -0.4 is 9.31 Å². The summed E-state index contributed by atoms with van der Waals surface area (Å²) < 4.78 is 87.0. The topological polar surface area (TPSA) is 18.5 Å². The molecule has 2 rings (SSSR count). The molecule has 0 heterocycles. The molecule has 0 amide bonds. The third-order valence-electron chi connectivity index (χ3n) is 2.33. The van der Waals surface area contributed by atoms with Gasteiger partial charge in [-0.25, -0.2) is 26.3 Å². The molecule has 0 aliphatic rings. The highest BCUT2D eigenvalue weighted by molar-refractivity contribution is 6.20. The van der Waals surface area contributed by atoms with Gasteiger partial charge < -0.3 is 9.31 Å². The van der Waals surface area contributed by atoms with E-state index in [4.69, 9.17) is 0 Å². The maximum absolute atomic E-state index is 13.2. The Hall–Kier alpha value is -2.32. The lowest BCUT2D eigenvalue weighted by molar-refractivity contribution is 0.383.